The number of anilines is 1. The molecule has 2 rings (SSSR count). The number of carbonyl (C=O) groups is 1. The number of rotatable bonds is 4. The van der Waals surface area contributed by atoms with E-state index in [1.54, 1.807) is 24.3 Å². The highest BCUT2D eigenvalue weighted by Gasteiger charge is 2.08. The fraction of sp³-hybridized carbons (Fsp3) is 0.250. The van der Waals surface area contributed by atoms with Gasteiger partial charge in [0.2, 0.25) is 0 Å². The van der Waals surface area contributed by atoms with Crippen LogP contribution in [0.15, 0.2) is 30.3 Å². The Morgan fingerprint density at radius 2 is 1.95 bits per heavy atom. The molecule has 0 saturated carbocycles. The van der Waals surface area contributed by atoms with Crippen molar-refractivity contribution < 1.29 is 4.79 Å². The fourth-order valence-corrected chi connectivity index (χ4v) is 1.88. The number of carbonyl (C=O) groups excluding carboxylic acids is 1. The molecule has 0 fully saturated rings. The summed E-state index contributed by atoms with van der Waals surface area (Å²) in [6.45, 7) is 2.14. The predicted octanol–water partition coefficient (Wildman–Crippen LogP) is 1.65. The van der Waals surface area contributed by atoms with Crippen molar-refractivity contribution in [3.63, 3.8) is 0 Å². The Kier molecular flexibility index (Phi) is 4.69. The van der Waals surface area contributed by atoms with Gasteiger partial charge in [0.15, 0.2) is 0 Å². The molecule has 0 radical (unpaired) electrons. The van der Waals surface area contributed by atoms with Crippen LogP contribution in [-0.4, -0.2) is 30.0 Å². The number of nitriles is 1. The lowest BCUT2D eigenvalue weighted by Crippen LogP contribution is -2.24. The molecule has 6 heteroatoms. The summed E-state index contributed by atoms with van der Waals surface area (Å²) < 4.78 is 0. The molecule has 22 heavy (non-hydrogen) atoms. The van der Waals surface area contributed by atoms with Gasteiger partial charge < -0.3 is 10.2 Å². The lowest BCUT2D eigenvalue weighted by atomic mass is 10.1. The first-order chi connectivity index (χ1) is 10.5. The highest BCUT2D eigenvalue weighted by atomic mass is 16.1. The monoisotopic (exact) mass is 295 g/mol. The molecule has 0 atom stereocenters. The van der Waals surface area contributed by atoms with Crippen LogP contribution < -0.4 is 10.2 Å². The van der Waals surface area contributed by atoms with Gasteiger partial charge in [0.1, 0.15) is 11.6 Å². The van der Waals surface area contributed by atoms with E-state index in [0.29, 0.717) is 17.0 Å². The van der Waals surface area contributed by atoms with Crippen LogP contribution in [0.1, 0.15) is 27.4 Å². The molecular formula is C16H17N5O. The molecule has 0 aliphatic carbocycles. The minimum Gasteiger partial charge on any atom is -0.363 e. The molecule has 0 aliphatic heterocycles. The van der Waals surface area contributed by atoms with E-state index in [2.05, 4.69) is 15.3 Å². The third kappa shape index (κ3) is 3.79. The first-order valence-corrected chi connectivity index (χ1v) is 6.80. The summed E-state index contributed by atoms with van der Waals surface area (Å²) in [6, 6.07) is 10.4. The van der Waals surface area contributed by atoms with Crippen LogP contribution in [0, 0.1) is 18.3 Å². The number of amides is 1. The average molecular weight is 295 g/mol. The van der Waals surface area contributed by atoms with Gasteiger partial charge in [0, 0.05) is 31.4 Å². The van der Waals surface area contributed by atoms with Gasteiger partial charge in [-0.05, 0) is 31.2 Å². The smallest absolute Gasteiger partial charge is 0.251 e. The van der Waals surface area contributed by atoms with Crippen LogP contribution in [0.25, 0.3) is 0 Å². The molecule has 0 saturated heterocycles. The molecule has 1 N–H and O–H groups in total. The number of aryl methyl sites for hydroxylation is 1. The summed E-state index contributed by atoms with van der Waals surface area (Å²) in [5, 5.41) is 11.5. The molecule has 112 valence electrons. The molecule has 1 aromatic carbocycles. The molecule has 0 spiro atoms. The maximum atomic E-state index is 12.1. The second kappa shape index (κ2) is 6.68. The van der Waals surface area contributed by atoms with Crippen molar-refractivity contribution >= 4 is 11.7 Å². The molecule has 0 bridgehead atoms. The topological polar surface area (TPSA) is 81.9 Å². The molecular weight excluding hydrogens is 278 g/mol. The first kappa shape index (κ1) is 15.4. The van der Waals surface area contributed by atoms with E-state index in [1.165, 1.54) is 0 Å². The third-order valence-electron chi connectivity index (χ3n) is 3.03. The normalized spacial score (nSPS) is 9.91. The van der Waals surface area contributed by atoms with Gasteiger partial charge in [-0.15, -0.1) is 0 Å². The highest BCUT2D eigenvalue weighted by Crippen LogP contribution is 2.09. The Morgan fingerprint density at radius 1 is 1.27 bits per heavy atom. The Hall–Kier alpha value is -2.94. The molecule has 6 nitrogen and oxygen atoms in total. The van der Waals surface area contributed by atoms with E-state index in [4.69, 9.17) is 5.26 Å². The van der Waals surface area contributed by atoms with E-state index in [9.17, 15) is 4.79 Å². The van der Waals surface area contributed by atoms with Crippen LogP contribution >= 0.6 is 0 Å². The largest absolute Gasteiger partial charge is 0.363 e. The van der Waals surface area contributed by atoms with Gasteiger partial charge in [0.25, 0.3) is 5.91 Å². The van der Waals surface area contributed by atoms with E-state index in [1.807, 2.05) is 38.1 Å². The second-order valence-corrected chi connectivity index (χ2v) is 5.05. The lowest BCUT2D eigenvalue weighted by Gasteiger charge is -2.13. The quantitative estimate of drug-likeness (QED) is 0.927. The number of hydrogen-bond acceptors (Lipinski definition) is 5. The van der Waals surface area contributed by atoms with Gasteiger partial charge in [-0.1, -0.05) is 0 Å². The number of hydrogen-bond donors (Lipinski definition) is 1. The Morgan fingerprint density at radius 3 is 2.55 bits per heavy atom. The predicted molar refractivity (Wildman–Crippen MR) is 83.4 cm³/mol. The van der Waals surface area contributed by atoms with E-state index in [0.717, 1.165) is 11.5 Å². The van der Waals surface area contributed by atoms with Crippen LogP contribution in [0.5, 0.6) is 0 Å². The van der Waals surface area contributed by atoms with Gasteiger partial charge in [0.05, 0.1) is 18.2 Å². The van der Waals surface area contributed by atoms with E-state index >= 15 is 0 Å². The SMILES string of the molecule is Cc1cc(N(C)C)nc(CNC(=O)c2ccc(C#N)cc2)n1. The summed E-state index contributed by atoms with van der Waals surface area (Å²) >= 11 is 0. The van der Waals surface area contributed by atoms with Gasteiger partial charge in [-0.25, -0.2) is 9.97 Å². The van der Waals surface area contributed by atoms with Crippen molar-refractivity contribution in [2.75, 3.05) is 19.0 Å². The third-order valence-corrected chi connectivity index (χ3v) is 3.03. The van der Waals surface area contributed by atoms with E-state index < -0.39 is 0 Å². The molecule has 0 unspecified atom stereocenters. The zero-order chi connectivity index (χ0) is 16.1. The number of aromatic nitrogens is 2. The van der Waals surface area contributed by atoms with Gasteiger partial charge in [-0.2, -0.15) is 5.26 Å². The van der Waals surface area contributed by atoms with E-state index in [-0.39, 0.29) is 12.5 Å². The molecule has 1 aromatic heterocycles. The second-order valence-electron chi connectivity index (χ2n) is 5.05. The fourth-order valence-electron chi connectivity index (χ4n) is 1.88. The maximum Gasteiger partial charge on any atom is 0.251 e. The van der Waals surface area contributed by atoms with Crippen LogP contribution in [0.4, 0.5) is 5.82 Å². The minimum atomic E-state index is -0.221. The number of nitrogens with one attached hydrogen (secondary N) is 1. The number of nitrogens with zero attached hydrogens (tertiary/aromatic N) is 4. The standard InChI is InChI=1S/C16H17N5O/c1-11-8-15(21(2)3)20-14(19-11)10-18-16(22)13-6-4-12(9-17)5-7-13/h4-8H,10H2,1-3H3,(H,18,22). The summed E-state index contributed by atoms with van der Waals surface area (Å²) in [6.07, 6.45) is 0. The average Bonchev–Trinajstić information content (AvgIpc) is 2.52. The van der Waals surface area contributed by atoms with Crippen LogP contribution in [0.3, 0.4) is 0 Å². The minimum absolute atomic E-state index is 0.221. The van der Waals surface area contributed by atoms with Gasteiger partial charge >= 0.3 is 0 Å². The number of benzene rings is 1. The van der Waals surface area contributed by atoms with Crippen molar-refractivity contribution in [3.05, 3.63) is 53.0 Å². The summed E-state index contributed by atoms with van der Waals surface area (Å²) in [5.74, 6) is 1.14. The van der Waals surface area contributed by atoms with Gasteiger partial charge in [-0.3, -0.25) is 4.79 Å². The first-order valence-electron chi connectivity index (χ1n) is 6.80. The molecule has 1 amide bonds. The maximum absolute atomic E-state index is 12.1. The van der Waals surface area contributed by atoms with Crippen molar-refractivity contribution in [1.29, 1.82) is 5.26 Å². The lowest BCUT2D eigenvalue weighted by molar-refractivity contribution is 0.0950. The Bertz CT molecular complexity index is 716. The highest BCUT2D eigenvalue weighted by molar-refractivity contribution is 5.94. The zero-order valence-electron chi connectivity index (χ0n) is 12.8. The van der Waals surface area contributed by atoms with Crippen LogP contribution in [-0.2, 0) is 6.54 Å². The molecule has 1 heterocycles. The van der Waals surface area contributed by atoms with Crippen molar-refractivity contribution in [2.24, 2.45) is 0 Å². The summed E-state index contributed by atoms with van der Waals surface area (Å²) in [7, 11) is 3.81. The van der Waals surface area contributed by atoms with Crippen molar-refractivity contribution in [2.45, 2.75) is 13.5 Å². The van der Waals surface area contributed by atoms with Crippen molar-refractivity contribution in [3.8, 4) is 6.07 Å². The van der Waals surface area contributed by atoms with Crippen LogP contribution in [0.2, 0.25) is 0 Å². The Balaban J connectivity index is 2.06. The summed E-state index contributed by atoms with van der Waals surface area (Å²) in [5.41, 5.74) is 1.87. The summed E-state index contributed by atoms with van der Waals surface area (Å²) in [4.78, 5) is 22.6. The Labute approximate surface area is 129 Å². The molecule has 0 aliphatic rings. The molecule has 2 aromatic rings. The zero-order valence-corrected chi connectivity index (χ0v) is 12.8. The van der Waals surface area contributed by atoms with Crippen molar-refractivity contribution in [1.82, 2.24) is 15.3 Å².